The lowest BCUT2D eigenvalue weighted by atomic mass is 10.0. The zero-order valence-corrected chi connectivity index (χ0v) is 15.3. The van der Waals surface area contributed by atoms with Crippen LogP contribution in [-0.4, -0.2) is 18.2 Å². The highest BCUT2D eigenvalue weighted by molar-refractivity contribution is 7.92. The van der Waals surface area contributed by atoms with E-state index in [1.54, 1.807) is 35.0 Å². The second-order valence-electron chi connectivity index (χ2n) is 5.91. The molecule has 1 N–H and O–H groups in total. The van der Waals surface area contributed by atoms with Gasteiger partial charge in [0.2, 0.25) is 0 Å². The van der Waals surface area contributed by atoms with Crippen molar-refractivity contribution in [1.82, 2.24) is 9.78 Å². The minimum Gasteiger partial charge on any atom is -0.267 e. The highest BCUT2D eigenvalue weighted by Gasteiger charge is 2.21. The van der Waals surface area contributed by atoms with Crippen LogP contribution in [-0.2, 0) is 16.6 Å². The fourth-order valence-electron chi connectivity index (χ4n) is 2.78. The molecule has 130 valence electrons. The number of nitrogens with zero attached hydrogens (tertiary/aromatic N) is 2. The van der Waals surface area contributed by atoms with E-state index in [0.29, 0.717) is 12.4 Å². The number of aryl methyl sites for hydroxylation is 2. The van der Waals surface area contributed by atoms with Crippen LogP contribution in [0.5, 0.6) is 0 Å². The normalized spacial score (nSPS) is 11.5. The second-order valence-corrected chi connectivity index (χ2v) is 7.59. The van der Waals surface area contributed by atoms with Crippen molar-refractivity contribution in [2.24, 2.45) is 0 Å². The van der Waals surface area contributed by atoms with E-state index in [-0.39, 0.29) is 4.90 Å². The van der Waals surface area contributed by atoms with Crippen molar-refractivity contribution >= 4 is 15.8 Å². The van der Waals surface area contributed by atoms with Crippen LogP contribution in [0.1, 0.15) is 18.2 Å². The third kappa shape index (κ3) is 3.44. The second kappa shape index (κ2) is 6.72. The molecule has 0 fully saturated rings. The van der Waals surface area contributed by atoms with Gasteiger partial charge in [0, 0.05) is 17.8 Å². The van der Waals surface area contributed by atoms with E-state index in [2.05, 4.69) is 9.82 Å². The largest absolute Gasteiger partial charge is 0.267 e. The molecular weight excluding hydrogens is 334 g/mol. The first-order chi connectivity index (χ1) is 11.9. The Hall–Kier alpha value is -2.60. The van der Waals surface area contributed by atoms with E-state index < -0.39 is 10.0 Å². The molecule has 0 atom stereocenters. The van der Waals surface area contributed by atoms with E-state index in [1.807, 2.05) is 45.0 Å². The first kappa shape index (κ1) is 17.2. The van der Waals surface area contributed by atoms with Gasteiger partial charge in [0.05, 0.1) is 4.90 Å². The predicted octanol–water partition coefficient (Wildman–Crippen LogP) is 3.99. The summed E-state index contributed by atoms with van der Waals surface area (Å²) < 4.78 is 29.8. The van der Waals surface area contributed by atoms with Crippen LogP contribution < -0.4 is 4.72 Å². The summed E-state index contributed by atoms with van der Waals surface area (Å²) in [6.45, 7) is 6.61. The number of rotatable bonds is 5. The molecular formula is C19H21N3O2S. The van der Waals surface area contributed by atoms with Crippen LogP contribution in [0.4, 0.5) is 5.82 Å². The highest BCUT2D eigenvalue weighted by atomic mass is 32.2. The third-order valence-corrected chi connectivity index (χ3v) is 5.49. The lowest BCUT2D eigenvalue weighted by Crippen LogP contribution is -2.14. The summed E-state index contributed by atoms with van der Waals surface area (Å²) in [6, 6.07) is 16.3. The maximum Gasteiger partial charge on any atom is 0.263 e. The molecule has 1 aromatic heterocycles. The molecule has 2 aromatic carbocycles. The highest BCUT2D eigenvalue weighted by Crippen LogP contribution is 2.32. The Morgan fingerprint density at radius 2 is 1.64 bits per heavy atom. The fraction of sp³-hybridized carbons (Fsp3) is 0.211. The van der Waals surface area contributed by atoms with Crippen LogP contribution in [0.15, 0.2) is 59.5 Å². The van der Waals surface area contributed by atoms with Crippen molar-refractivity contribution < 1.29 is 8.42 Å². The zero-order valence-electron chi connectivity index (χ0n) is 14.5. The molecule has 5 nitrogen and oxygen atoms in total. The van der Waals surface area contributed by atoms with Crippen molar-refractivity contribution in [3.05, 3.63) is 65.9 Å². The van der Waals surface area contributed by atoms with Gasteiger partial charge < -0.3 is 0 Å². The van der Waals surface area contributed by atoms with Crippen molar-refractivity contribution in [1.29, 1.82) is 0 Å². The van der Waals surface area contributed by atoms with Gasteiger partial charge in [-0.1, -0.05) is 48.0 Å². The Morgan fingerprint density at radius 1 is 1.00 bits per heavy atom. The standard InChI is InChI=1S/C19H21N3O2S/c1-4-22-15(3)18(16-12-10-14(2)11-13-16)19(20-22)21-25(23,24)17-8-6-5-7-9-17/h5-13H,4H2,1-3H3,(H,20,21). The third-order valence-electron chi connectivity index (χ3n) is 4.13. The topological polar surface area (TPSA) is 64.0 Å². The van der Waals surface area contributed by atoms with Crippen LogP contribution in [0.3, 0.4) is 0 Å². The van der Waals surface area contributed by atoms with Gasteiger partial charge >= 0.3 is 0 Å². The quantitative estimate of drug-likeness (QED) is 0.753. The van der Waals surface area contributed by atoms with Gasteiger partial charge in [0.25, 0.3) is 10.0 Å². The molecule has 0 aliphatic heterocycles. The maximum atomic E-state index is 12.7. The van der Waals surface area contributed by atoms with Crippen molar-refractivity contribution in [2.45, 2.75) is 32.2 Å². The number of hydrogen-bond acceptors (Lipinski definition) is 3. The van der Waals surface area contributed by atoms with Gasteiger partial charge in [-0.3, -0.25) is 9.40 Å². The lowest BCUT2D eigenvalue weighted by Gasteiger charge is -2.08. The van der Waals surface area contributed by atoms with E-state index in [9.17, 15) is 8.42 Å². The Balaban J connectivity index is 2.09. The molecule has 0 spiro atoms. The first-order valence-corrected chi connectivity index (χ1v) is 9.63. The summed E-state index contributed by atoms with van der Waals surface area (Å²) in [7, 11) is -3.69. The molecule has 1 heterocycles. The molecule has 0 radical (unpaired) electrons. The van der Waals surface area contributed by atoms with Crippen molar-refractivity contribution in [2.75, 3.05) is 4.72 Å². The average Bonchev–Trinajstić information content (AvgIpc) is 2.91. The molecule has 0 amide bonds. The van der Waals surface area contributed by atoms with Crippen LogP contribution in [0.2, 0.25) is 0 Å². The predicted molar refractivity (Wildman–Crippen MR) is 100 cm³/mol. The Labute approximate surface area is 148 Å². The minimum atomic E-state index is -3.69. The molecule has 3 rings (SSSR count). The SMILES string of the molecule is CCn1nc(NS(=O)(=O)c2ccccc2)c(-c2ccc(C)cc2)c1C. The van der Waals surface area contributed by atoms with Crippen LogP contribution >= 0.6 is 0 Å². The summed E-state index contributed by atoms with van der Waals surface area (Å²) in [4.78, 5) is 0.216. The zero-order chi connectivity index (χ0) is 18.0. The number of nitrogens with one attached hydrogen (secondary N) is 1. The molecule has 6 heteroatoms. The molecule has 0 saturated carbocycles. The summed E-state index contributed by atoms with van der Waals surface area (Å²) in [5.41, 5.74) is 3.82. The molecule has 0 aliphatic rings. The molecule has 0 bridgehead atoms. The Morgan fingerprint density at radius 3 is 2.24 bits per heavy atom. The Bertz CT molecular complexity index is 976. The fourth-order valence-corrected chi connectivity index (χ4v) is 3.81. The average molecular weight is 355 g/mol. The van der Waals surface area contributed by atoms with E-state index in [4.69, 9.17) is 0 Å². The molecule has 25 heavy (non-hydrogen) atoms. The Kier molecular flexibility index (Phi) is 4.63. The summed E-state index contributed by atoms with van der Waals surface area (Å²) in [6.07, 6.45) is 0. The van der Waals surface area contributed by atoms with Gasteiger partial charge in [-0.25, -0.2) is 8.42 Å². The van der Waals surface area contributed by atoms with Crippen LogP contribution in [0, 0.1) is 13.8 Å². The number of sulfonamides is 1. The van der Waals surface area contributed by atoms with Gasteiger partial charge in [-0.05, 0) is 38.5 Å². The van der Waals surface area contributed by atoms with Crippen molar-refractivity contribution in [3.63, 3.8) is 0 Å². The van der Waals surface area contributed by atoms with Crippen LogP contribution in [0.25, 0.3) is 11.1 Å². The maximum absolute atomic E-state index is 12.7. The molecule has 3 aromatic rings. The van der Waals surface area contributed by atoms with E-state index >= 15 is 0 Å². The summed E-state index contributed by atoms with van der Waals surface area (Å²) in [5.74, 6) is 0.354. The number of benzene rings is 2. The first-order valence-electron chi connectivity index (χ1n) is 8.14. The molecule has 0 aliphatic carbocycles. The smallest absolute Gasteiger partial charge is 0.263 e. The monoisotopic (exact) mass is 355 g/mol. The van der Waals surface area contributed by atoms with Gasteiger partial charge in [-0.2, -0.15) is 5.10 Å². The number of anilines is 1. The molecule has 0 unspecified atom stereocenters. The summed E-state index contributed by atoms with van der Waals surface area (Å²) >= 11 is 0. The van der Waals surface area contributed by atoms with Gasteiger partial charge in [0.1, 0.15) is 0 Å². The molecule has 0 saturated heterocycles. The van der Waals surface area contributed by atoms with E-state index in [0.717, 1.165) is 22.4 Å². The van der Waals surface area contributed by atoms with Gasteiger partial charge in [-0.15, -0.1) is 0 Å². The van der Waals surface area contributed by atoms with Crippen molar-refractivity contribution in [3.8, 4) is 11.1 Å². The van der Waals surface area contributed by atoms with Gasteiger partial charge in [0.15, 0.2) is 5.82 Å². The summed E-state index contributed by atoms with van der Waals surface area (Å²) in [5, 5.41) is 4.46. The minimum absolute atomic E-state index is 0.216. The lowest BCUT2D eigenvalue weighted by molar-refractivity contribution is 0.600. The number of hydrogen-bond donors (Lipinski definition) is 1. The van der Waals surface area contributed by atoms with E-state index in [1.165, 1.54) is 0 Å². The number of aromatic nitrogens is 2.